The first-order valence-electron chi connectivity index (χ1n) is 6.52. The molecule has 2 rings (SSSR count). The monoisotopic (exact) mass is 280 g/mol. The fourth-order valence-electron chi connectivity index (χ4n) is 1.62. The summed E-state index contributed by atoms with van der Waals surface area (Å²) in [5.41, 5.74) is 0.922. The lowest BCUT2D eigenvalue weighted by molar-refractivity contribution is 0.104. The number of ether oxygens (including phenoxy) is 1. The van der Waals surface area contributed by atoms with Crippen LogP contribution in [-0.2, 0) is 24.3 Å². The third-order valence-electron chi connectivity index (χ3n) is 2.62. The van der Waals surface area contributed by atoms with Crippen molar-refractivity contribution in [3.05, 3.63) is 39.9 Å². The highest BCUT2D eigenvalue weighted by Gasteiger charge is 2.05. The van der Waals surface area contributed by atoms with E-state index in [4.69, 9.17) is 9.26 Å². The molecule has 0 aromatic carbocycles. The lowest BCUT2D eigenvalue weighted by Gasteiger charge is -2.03. The Kier molecular flexibility index (Phi) is 5.57. The Morgan fingerprint density at radius 2 is 2.37 bits per heavy atom. The summed E-state index contributed by atoms with van der Waals surface area (Å²) in [6.45, 7) is 6.14. The van der Waals surface area contributed by atoms with Crippen molar-refractivity contribution in [2.75, 3.05) is 6.61 Å². The number of nitrogens with zero attached hydrogens (tertiary/aromatic N) is 1. The molecule has 0 fully saturated rings. The highest BCUT2D eigenvalue weighted by molar-refractivity contribution is 7.09. The zero-order valence-corrected chi connectivity index (χ0v) is 12.2. The van der Waals surface area contributed by atoms with E-state index in [0.717, 1.165) is 24.4 Å². The van der Waals surface area contributed by atoms with Gasteiger partial charge in [-0.1, -0.05) is 25.1 Å². The van der Waals surface area contributed by atoms with Crippen molar-refractivity contribution in [3.8, 4) is 0 Å². The van der Waals surface area contributed by atoms with Crippen molar-refractivity contribution < 1.29 is 9.26 Å². The molecule has 0 saturated heterocycles. The maximum atomic E-state index is 5.58. The van der Waals surface area contributed by atoms with Crippen LogP contribution in [-0.4, -0.2) is 17.8 Å². The van der Waals surface area contributed by atoms with E-state index in [-0.39, 0.29) is 0 Å². The number of nitrogens with one attached hydrogen (secondary N) is 1. The standard InChI is InChI=1S/C14H20N2O2S/c1-11(2)15-9-12-8-13(18-16-12)10-17-6-5-14-4-3-7-19-14/h3-4,7-8,11,15H,5-6,9-10H2,1-2H3. The van der Waals surface area contributed by atoms with Crippen LogP contribution in [0.3, 0.4) is 0 Å². The van der Waals surface area contributed by atoms with Crippen LogP contribution in [0.4, 0.5) is 0 Å². The third kappa shape index (κ3) is 5.14. The molecule has 0 radical (unpaired) electrons. The van der Waals surface area contributed by atoms with Crippen LogP contribution in [0.25, 0.3) is 0 Å². The summed E-state index contributed by atoms with van der Waals surface area (Å²) in [4.78, 5) is 1.35. The predicted molar refractivity (Wildman–Crippen MR) is 76.2 cm³/mol. The van der Waals surface area contributed by atoms with E-state index >= 15 is 0 Å². The molecule has 0 aliphatic rings. The zero-order chi connectivity index (χ0) is 13.5. The molecule has 4 nitrogen and oxygen atoms in total. The maximum absolute atomic E-state index is 5.58. The fourth-order valence-corrected chi connectivity index (χ4v) is 2.31. The van der Waals surface area contributed by atoms with Crippen molar-refractivity contribution in [3.63, 3.8) is 0 Å². The average molecular weight is 280 g/mol. The molecule has 0 bridgehead atoms. The van der Waals surface area contributed by atoms with Gasteiger partial charge in [0.25, 0.3) is 0 Å². The van der Waals surface area contributed by atoms with Crippen LogP contribution in [0, 0.1) is 0 Å². The van der Waals surface area contributed by atoms with E-state index in [1.54, 1.807) is 11.3 Å². The summed E-state index contributed by atoms with van der Waals surface area (Å²) in [6, 6.07) is 6.57. The summed E-state index contributed by atoms with van der Waals surface area (Å²) < 4.78 is 10.8. The van der Waals surface area contributed by atoms with Gasteiger partial charge in [-0.05, 0) is 11.4 Å². The molecular formula is C14H20N2O2S. The second-order valence-corrected chi connectivity index (χ2v) is 5.73. The van der Waals surface area contributed by atoms with Crippen LogP contribution in [0.2, 0.25) is 0 Å². The van der Waals surface area contributed by atoms with E-state index in [2.05, 4.69) is 41.8 Å². The highest BCUT2D eigenvalue weighted by Crippen LogP contribution is 2.10. The van der Waals surface area contributed by atoms with Crippen LogP contribution in [0.1, 0.15) is 30.2 Å². The first kappa shape index (κ1) is 14.2. The van der Waals surface area contributed by atoms with Gasteiger partial charge in [0.2, 0.25) is 0 Å². The molecule has 0 unspecified atom stereocenters. The van der Waals surface area contributed by atoms with E-state index in [1.807, 2.05) is 6.07 Å². The third-order valence-corrected chi connectivity index (χ3v) is 3.55. The smallest absolute Gasteiger partial charge is 0.162 e. The molecule has 0 amide bonds. The Balaban J connectivity index is 1.65. The molecule has 0 saturated carbocycles. The van der Waals surface area contributed by atoms with Gasteiger partial charge >= 0.3 is 0 Å². The largest absolute Gasteiger partial charge is 0.373 e. The molecule has 19 heavy (non-hydrogen) atoms. The zero-order valence-electron chi connectivity index (χ0n) is 11.4. The maximum Gasteiger partial charge on any atom is 0.162 e. The Hall–Kier alpha value is -1.17. The van der Waals surface area contributed by atoms with Crippen molar-refractivity contribution in [2.45, 2.75) is 39.5 Å². The number of rotatable bonds is 8. The minimum Gasteiger partial charge on any atom is -0.373 e. The van der Waals surface area contributed by atoms with Crippen molar-refractivity contribution in [1.29, 1.82) is 0 Å². The normalized spacial score (nSPS) is 11.3. The average Bonchev–Trinajstić information content (AvgIpc) is 3.04. The summed E-state index contributed by atoms with van der Waals surface area (Å²) in [7, 11) is 0. The summed E-state index contributed by atoms with van der Waals surface area (Å²) in [5.74, 6) is 0.784. The molecular weight excluding hydrogens is 260 g/mol. The van der Waals surface area contributed by atoms with Gasteiger partial charge in [0.1, 0.15) is 6.61 Å². The summed E-state index contributed by atoms with van der Waals surface area (Å²) >= 11 is 1.76. The molecule has 2 aromatic heterocycles. The van der Waals surface area contributed by atoms with E-state index in [9.17, 15) is 0 Å². The molecule has 104 valence electrons. The highest BCUT2D eigenvalue weighted by atomic mass is 32.1. The predicted octanol–water partition coefficient (Wildman–Crippen LogP) is 2.99. The van der Waals surface area contributed by atoms with E-state index in [0.29, 0.717) is 19.3 Å². The van der Waals surface area contributed by atoms with Gasteiger partial charge in [0.15, 0.2) is 5.76 Å². The van der Waals surface area contributed by atoms with Gasteiger partial charge < -0.3 is 14.6 Å². The van der Waals surface area contributed by atoms with Gasteiger partial charge in [-0.25, -0.2) is 0 Å². The lowest BCUT2D eigenvalue weighted by atomic mass is 10.3. The quantitative estimate of drug-likeness (QED) is 0.755. The van der Waals surface area contributed by atoms with Gasteiger partial charge in [-0.3, -0.25) is 0 Å². The number of aromatic nitrogens is 1. The van der Waals surface area contributed by atoms with E-state index in [1.165, 1.54) is 4.88 Å². The molecule has 0 aliphatic carbocycles. The minimum atomic E-state index is 0.446. The minimum absolute atomic E-state index is 0.446. The van der Waals surface area contributed by atoms with Crippen LogP contribution < -0.4 is 5.32 Å². The van der Waals surface area contributed by atoms with Gasteiger partial charge in [-0.15, -0.1) is 11.3 Å². The number of hydrogen-bond acceptors (Lipinski definition) is 5. The molecule has 5 heteroatoms. The van der Waals surface area contributed by atoms with Gasteiger partial charge in [-0.2, -0.15) is 0 Å². The molecule has 2 aromatic rings. The second kappa shape index (κ2) is 7.43. The van der Waals surface area contributed by atoms with Crippen LogP contribution >= 0.6 is 11.3 Å². The van der Waals surface area contributed by atoms with Gasteiger partial charge in [0, 0.05) is 30.0 Å². The summed E-state index contributed by atoms with van der Waals surface area (Å²) in [6.07, 6.45) is 0.952. The Morgan fingerprint density at radius 1 is 1.47 bits per heavy atom. The van der Waals surface area contributed by atoms with Crippen LogP contribution in [0.5, 0.6) is 0 Å². The first-order valence-corrected chi connectivity index (χ1v) is 7.40. The number of hydrogen-bond donors (Lipinski definition) is 1. The Labute approximate surface area is 117 Å². The molecule has 0 aliphatic heterocycles. The van der Waals surface area contributed by atoms with Crippen molar-refractivity contribution in [2.24, 2.45) is 0 Å². The SMILES string of the molecule is CC(C)NCc1cc(COCCc2cccs2)on1. The van der Waals surface area contributed by atoms with Gasteiger partial charge in [0.05, 0.1) is 12.3 Å². The van der Waals surface area contributed by atoms with Crippen molar-refractivity contribution >= 4 is 11.3 Å². The van der Waals surface area contributed by atoms with Crippen molar-refractivity contribution in [1.82, 2.24) is 10.5 Å². The lowest BCUT2D eigenvalue weighted by Crippen LogP contribution is -2.21. The second-order valence-electron chi connectivity index (χ2n) is 4.70. The molecule has 2 heterocycles. The Morgan fingerprint density at radius 3 is 3.11 bits per heavy atom. The number of thiophene rings is 1. The molecule has 1 N–H and O–H groups in total. The molecule has 0 atom stereocenters. The topological polar surface area (TPSA) is 47.3 Å². The first-order chi connectivity index (χ1) is 9.24. The summed E-state index contributed by atoms with van der Waals surface area (Å²) in [5, 5.41) is 9.38. The molecule has 0 spiro atoms. The fraction of sp³-hybridized carbons (Fsp3) is 0.500. The van der Waals surface area contributed by atoms with E-state index < -0.39 is 0 Å². The van der Waals surface area contributed by atoms with Crippen LogP contribution in [0.15, 0.2) is 28.1 Å². The Bertz CT molecular complexity index is 466.